The second kappa shape index (κ2) is 6.34. The number of benzene rings is 1. The van der Waals surface area contributed by atoms with Crippen molar-refractivity contribution in [3.8, 4) is 5.75 Å². The van der Waals surface area contributed by atoms with Crippen LogP contribution in [-0.4, -0.2) is 27.8 Å². The van der Waals surface area contributed by atoms with E-state index in [0.29, 0.717) is 35.5 Å². The van der Waals surface area contributed by atoms with Crippen LogP contribution in [0.4, 0.5) is 0 Å². The summed E-state index contributed by atoms with van der Waals surface area (Å²) in [6.07, 6.45) is 1.52. The van der Waals surface area contributed by atoms with Crippen LogP contribution in [-0.2, 0) is 0 Å². The van der Waals surface area contributed by atoms with E-state index in [0.717, 1.165) is 18.2 Å². The fraction of sp³-hybridized carbons (Fsp3) is 0.500. The Morgan fingerprint density at radius 1 is 1.26 bits per heavy atom. The number of hydrogen-bond acceptors (Lipinski definition) is 4. The Kier molecular flexibility index (Phi) is 4.41. The minimum Gasteiger partial charge on any atom is -0.508 e. The van der Waals surface area contributed by atoms with Gasteiger partial charge in [0.05, 0.1) is 11.6 Å². The molecule has 1 aliphatic rings. The number of hydrogen-bond donors (Lipinski definition) is 4. The lowest BCUT2D eigenvalue weighted by Gasteiger charge is -2.18. The SMILES string of the molecule is CC1CC(NC[C@H](O)c2cc(O)cc3[nH]c(=O)ccc23)CC1C. The fourth-order valence-corrected chi connectivity index (χ4v) is 3.57. The quantitative estimate of drug-likeness (QED) is 0.697. The number of aromatic amines is 1. The molecule has 1 aromatic carbocycles. The lowest BCUT2D eigenvalue weighted by molar-refractivity contribution is 0.170. The molecule has 3 atom stereocenters. The van der Waals surface area contributed by atoms with Crippen LogP contribution in [0.5, 0.6) is 5.75 Å². The molecule has 2 aromatic rings. The third kappa shape index (κ3) is 3.41. The van der Waals surface area contributed by atoms with Gasteiger partial charge in [0.25, 0.3) is 0 Å². The number of phenols is 1. The molecule has 1 saturated carbocycles. The summed E-state index contributed by atoms with van der Waals surface area (Å²) in [5.41, 5.74) is 0.938. The molecular formula is C18H24N2O3. The molecule has 0 aliphatic heterocycles. The molecule has 2 unspecified atom stereocenters. The molecule has 124 valence electrons. The van der Waals surface area contributed by atoms with Crippen molar-refractivity contribution in [3.63, 3.8) is 0 Å². The third-order valence-corrected chi connectivity index (χ3v) is 5.10. The number of aliphatic hydroxyl groups excluding tert-OH is 1. The molecule has 0 spiro atoms. The van der Waals surface area contributed by atoms with Gasteiger partial charge in [0.2, 0.25) is 5.56 Å². The number of aromatic nitrogens is 1. The van der Waals surface area contributed by atoms with Crippen molar-refractivity contribution in [2.45, 2.75) is 38.8 Å². The zero-order valence-corrected chi connectivity index (χ0v) is 13.5. The van der Waals surface area contributed by atoms with Gasteiger partial charge in [0.1, 0.15) is 5.75 Å². The largest absolute Gasteiger partial charge is 0.508 e. The van der Waals surface area contributed by atoms with Crippen LogP contribution in [0.1, 0.15) is 38.4 Å². The van der Waals surface area contributed by atoms with Crippen molar-refractivity contribution in [1.29, 1.82) is 0 Å². The van der Waals surface area contributed by atoms with Gasteiger partial charge in [0, 0.05) is 30.1 Å². The van der Waals surface area contributed by atoms with Crippen LogP contribution >= 0.6 is 0 Å². The first kappa shape index (κ1) is 16.0. The fourth-order valence-electron chi connectivity index (χ4n) is 3.57. The smallest absolute Gasteiger partial charge is 0.248 e. The molecule has 1 fully saturated rings. The van der Waals surface area contributed by atoms with Gasteiger partial charge in [-0.3, -0.25) is 4.79 Å². The second-order valence-electron chi connectivity index (χ2n) is 6.87. The number of rotatable bonds is 4. The highest BCUT2D eigenvalue weighted by Crippen LogP contribution is 2.32. The standard InChI is InChI=1S/C18H24N2O3/c1-10-5-12(6-11(10)2)19-9-17(22)15-7-13(21)8-16-14(15)3-4-18(23)20-16/h3-4,7-8,10-12,17,19,21-22H,5-6,9H2,1-2H3,(H,20,23)/t10?,11?,12?,17-/m0/s1. The predicted octanol–water partition coefficient (Wildman–Crippen LogP) is 2.29. The Hall–Kier alpha value is -1.85. The number of pyridine rings is 1. The number of aromatic hydroxyl groups is 1. The first-order chi connectivity index (χ1) is 10.9. The Bertz CT molecular complexity index is 746. The Balaban J connectivity index is 1.78. The van der Waals surface area contributed by atoms with E-state index in [-0.39, 0.29) is 11.3 Å². The summed E-state index contributed by atoms with van der Waals surface area (Å²) >= 11 is 0. The molecule has 3 rings (SSSR count). The lowest BCUT2D eigenvalue weighted by atomic mass is 10.0. The van der Waals surface area contributed by atoms with E-state index in [9.17, 15) is 15.0 Å². The van der Waals surface area contributed by atoms with Crippen molar-refractivity contribution in [2.24, 2.45) is 11.8 Å². The molecule has 0 radical (unpaired) electrons. The summed E-state index contributed by atoms with van der Waals surface area (Å²) in [5.74, 6) is 1.45. The van der Waals surface area contributed by atoms with E-state index in [1.807, 2.05) is 0 Å². The van der Waals surface area contributed by atoms with Crippen LogP contribution < -0.4 is 10.9 Å². The maximum absolute atomic E-state index is 11.4. The molecule has 0 bridgehead atoms. The number of aliphatic hydroxyl groups is 1. The molecule has 1 heterocycles. The van der Waals surface area contributed by atoms with Gasteiger partial charge in [-0.25, -0.2) is 0 Å². The van der Waals surface area contributed by atoms with Crippen LogP contribution in [0.15, 0.2) is 29.1 Å². The van der Waals surface area contributed by atoms with Crippen molar-refractivity contribution < 1.29 is 10.2 Å². The highest BCUT2D eigenvalue weighted by atomic mass is 16.3. The van der Waals surface area contributed by atoms with E-state index in [1.54, 1.807) is 12.1 Å². The van der Waals surface area contributed by atoms with Gasteiger partial charge in [-0.15, -0.1) is 0 Å². The second-order valence-corrected chi connectivity index (χ2v) is 6.87. The average Bonchev–Trinajstić information content (AvgIpc) is 2.82. The monoisotopic (exact) mass is 316 g/mol. The summed E-state index contributed by atoms with van der Waals surface area (Å²) in [6, 6.07) is 6.61. The predicted molar refractivity (Wildman–Crippen MR) is 90.5 cm³/mol. The minimum absolute atomic E-state index is 0.0384. The average molecular weight is 316 g/mol. The molecule has 4 N–H and O–H groups in total. The molecule has 0 saturated heterocycles. The van der Waals surface area contributed by atoms with Gasteiger partial charge in [-0.2, -0.15) is 0 Å². The lowest BCUT2D eigenvalue weighted by Crippen LogP contribution is -2.31. The highest BCUT2D eigenvalue weighted by molar-refractivity contribution is 5.83. The zero-order valence-electron chi connectivity index (χ0n) is 13.5. The van der Waals surface area contributed by atoms with Gasteiger partial charge < -0.3 is 20.5 Å². The molecular weight excluding hydrogens is 292 g/mol. The van der Waals surface area contributed by atoms with Gasteiger partial charge in [0.15, 0.2) is 0 Å². The van der Waals surface area contributed by atoms with Crippen molar-refractivity contribution in [3.05, 3.63) is 40.2 Å². The first-order valence-corrected chi connectivity index (χ1v) is 8.21. The van der Waals surface area contributed by atoms with Crippen molar-refractivity contribution in [1.82, 2.24) is 10.3 Å². The van der Waals surface area contributed by atoms with Crippen LogP contribution in [0.3, 0.4) is 0 Å². The maximum atomic E-state index is 11.4. The molecule has 23 heavy (non-hydrogen) atoms. The summed E-state index contributed by atoms with van der Waals surface area (Å²) < 4.78 is 0. The van der Waals surface area contributed by atoms with Crippen molar-refractivity contribution >= 4 is 10.9 Å². The summed E-state index contributed by atoms with van der Waals surface area (Å²) in [4.78, 5) is 14.1. The van der Waals surface area contributed by atoms with Gasteiger partial charge >= 0.3 is 0 Å². The number of nitrogens with one attached hydrogen (secondary N) is 2. The van der Waals surface area contributed by atoms with Crippen molar-refractivity contribution in [2.75, 3.05) is 6.54 Å². The topological polar surface area (TPSA) is 85.3 Å². The third-order valence-electron chi connectivity index (χ3n) is 5.10. The normalized spacial score (nSPS) is 25.8. The van der Waals surface area contributed by atoms with E-state index >= 15 is 0 Å². The maximum Gasteiger partial charge on any atom is 0.248 e. The molecule has 0 amide bonds. The van der Waals surface area contributed by atoms with Crippen LogP contribution in [0.25, 0.3) is 10.9 Å². The summed E-state index contributed by atoms with van der Waals surface area (Å²) in [7, 11) is 0. The number of H-pyrrole nitrogens is 1. The Morgan fingerprint density at radius 3 is 2.65 bits per heavy atom. The first-order valence-electron chi connectivity index (χ1n) is 8.21. The molecule has 5 heteroatoms. The van der Waals surface area contributed by atoms with E-state index in [2.05, 4.69) is 24.1 Å². The highest BCUT2D eigenvalue weighted by Gasteiger charge is 2.28. The Morgan fingerprint density at radius 2 is 1.96 bits per heavy atom. The van der Waals surface area contributed by atoms with Crippen LogP contribution in [0, 0.1) is 11.8 Å². The van der Waals surface area contributed by atoms with E-state index < -0.39 is 6.10 Å². The number of fused-ring (bicyclic) bond motifs is 1. The zero-order chi connectivity index (χ0) is 16.6. The summed E-state index contributed by atoms with van der Waals surface area (Å²) in [5, 5.41) is 24.6. The summed E-state index contributed by atoms with van der Waals surface area (Å²) in [6.45, 7) is 4.96. The molecule has 5 nitrogen and oxygen atoms in total. The van der Waals surface area contributed by atoms with Crippen LogP contribution in [0.2, 0.25) is 0 Å². The number of phenolic OH excluding ortho intramolecular Hbond substituents is 1. The van der Waals surface area contributed by atoms with E-state index in [1.165, 1.54) is 12.1 Å². The molecule has 1 aromatic heterocycles. The molecule has 1 aliphatic carbocycles. The van der Waals surface area contributed by atoms with Gasteiger partial charge in [-0.1, -0.05) is 13.8 Å². The van der Waals surface area contributed by atoms with Gasteiger partial charge in [-0.05, 0) is 42.4 Å². The Labute approximate surface area is 135 Å². The van der Waals surface area contributed by atoms with E-state index in [4.69, 9.17) is 0 Å². The minimum atomic E-state index is -0.735.